The zero-order valence-corrected chi connectivity index (χ0v) is 10.0. The summed E-state index contributed by atoms with van der Waals surface area (Å²) in [6.45, 7) is 5.63. The predicted molar refractivity (Wildman–Crippen MR) is 62.0 cm³/mol. The zero-order valence-electron chi connectivity index (χ0n) is 10.0. The lowest BCUT2D eigenvalue weighted by molar-refractivity contribution is 0.0995. The molecule has 0 aromatic carbocycles. The molecule has 17 heavy (non-hydrogen) atoms. The van der Waals surface area contributed by atoms with Crippen LogP contribution in [-0.2, 0) is 6.42 Å². The molecule has 1 amide bonds. The molecule has 0 spiro atoms. The Hall–Kier alpha value is -2.04. The van der Waals surface area contributed by atoms with E-state index in [1.807, 2.05) is 13.8 Å². The summed E-state index contributed by atoms with van der Waals surface area (Å²) in [6, 6.07) is 1.73. The quantitative estimate of drug-likeness (QED) is 0.886. The van der Waals surface area contributed by atoms with Crippen LogP contribution in [0, 0.1) is 13.8 Å². The average molecular weight is 234 g/mol. The molecule has 2 rings (SSSR count). The highest BCUT2D eigenvalue weighted by Crippen LogP contribution is 2.18. The summed E-state index contributed by atoms with van der Waals surface area (Å²) in [5.74, 6) is 1.41. The van der Waals surface area contributed by atoms with E-state index in [1.54, 1.807) is 13.0 Å². The molecular weight excluding hydrogens is 220 g/mol. The summed E-state index contributed by atoms with van der Waals surface area (Å²) < 4.78 is 10.3. The molecule has 1 N–H and O–H groups in total. The zero-order chi connectivity index (χ0) is 12.4. The second-order valence-corrected chi connectivity index (χ2v) is 3.82. The number of rotatable bonds is 3. The van der Waals surface area contributed by atoms with Crippen molar-refractivity contribution in [3.63, 3.8) is 0 Å². The topological polar surface area (TPSA) is 68.3 Å². The minimum absolute atomic E-state index is 0.292. The van der Waals surface area contributed by atoms with Crippen molar-refractivity contribution in [2.24, 2.45) is 0 Å². The molecule has 0 atom stereocenters. The van der Waals surface area contributed by atoms with Crippen molar-refractivity contribution in [2.75, 3.05) is 5.32 Å². The van der Waals surface area contributed by atoms with E-state index in [0.29, 0.717) is 17.2 Å². The number of nitrogens with zero attached hydrogens (tertiary/aromatic N) is 1. The lowest BCUT2D eigenvalue weighted by Crippen LogP contribution is -2.10. The minimum atomic E-state index is -0.292. The van der Waals surface area contributed by atoms with Crippen molar-refractivity contribution in [1.82, 2.24) is 5.16 Å². The number of nitrogens with one attached hydrogen (secondary N) is 1. The number of carbonyl (C=O) groups excluding carboxylic acids is 1. The van der Waals surface area contributed by atoms with Crippen LogP contribution in [0.5, 0.6) is 0 Å². The number of aryl methyl sites for hydroxylation is 3. The molecule has 0 aliphatic heterocycles. The largest absolute Gasteiger partial charge is 0.456 e. The fourth-order valence-corrected chi connectivity index (χ4v) is 1.59. The van der Waals surface area contributed by atoms with E-state index < -0.39 is 0 Å². The first-order valence-electron chi connectivity index (χ1n) is 5.43. The highest BCUT2D eigenvalue weighted by molar-refractivity contribution is 6.02. The smallest absolute Gasteiger partial charge is 0.291 e. The van der Waals surface area contributed by atoms with Gasteiger partial charge in [-0.15, -0.1) is 0 Å². The number of aromatic nitrogens is 1. The van der Waals surface area contributed by atoms with E-state index in [2.05, 4.69) is 10.5 Å². The predicted octanol–water partition coefficient (Wildman–Crippen LogP) is 2.70. The van der Waals surface area contributed by atoms with Crippen LogP contribution in [0.25, 0.3) is 0 Å². The van der Waals surface area contributed by atoms with Gasteiger partial charge in [0.25, 0.3) is 5.91 Å². The van der Waals surface area contributed by atoms with Gasteiger partial charge in [-0.1, -0.05) is 12.1 Å². The van der Waals surface area contributed by atoms with Gasteiger partial charge in [0.1, 0.15) is 11.4 Å². The highest BCUT2D eigenvalue weighted by atomic mass is 16.5. The van der Waals surface area contributed by atoms with Crippen molar-refractivity contribution >= 4 is 11.6 Å². The Morgan fingerprint density at radius 3 is 2.76 bits per heavy atom. The molecule has 2 aromatic rings. The van der Waals surface area contributed by atoms with Gasteiger partial charge in [0.15, 0.2) is 11.5 Å². The molecule has 0 aliphatic rings. The van der Waals surface area contributed by atoms with Crippen LogP contribution in [0.2, 0.25) is 0 Å². The summed E-state index contributed by atoms with van der Waals surface area (Å²) in [5.41, 5.74) is 1.54. The van der Waals surface area contributed by atoms with Crippen molar-refractivity contribution < 1.29 is 13.7 Å². The van der Waals surface area contributed by atoms with Crippen LogP contribution in [-0.4, -0.2) is 11.1 Å². The van der Waals surface area contributed by atoms with Gasteiger partial charge >= 0.3 is 0 Å². The lowest BCUT2D eigenvalue weighted by Gasteiger charge is -1.99. The summed E-state index contributed by atoms with van der Waals surface area (Å²) in [6.07, 6.45) is 2.23. The van der Waals surface area contributed by atoms with E-state index in [-0.39, 0.29) is 5.91 Å². The monoisotopic (exact) mass is 234 g/mol. The van der Waals surface area contributed by atoms with Crippen molar-refractivity contribution in [1.29, 1.82) is 0 Å². The average Bonchev–Trinajstić information content (AvgIpc) is 2.86. The second-order valence-electron chi connectivity index (χ2n) is 3.82. The Morgan fingerprint density at radius 2 is 2.24 bits per heavy atom. The van der Waals surface area contributed by atoms with E-state index in [0.717, 1.165) is 17.7 Å². The molecule has 0 unspecified atom stereocenters. The second kappa shape index (κ2) is 4.45. The minimum Gasteiger partial charge on any atom is -0.456 e. The lowest BCUT2D eigenvalue weighted by atomic mass is 10.2. The van der Waals surface area contributed by atoms with Gasteiger partial charge in [-0.3, -0.25) is 4.79 Å². The van der Waals surface area contributed by atoms with Crippen LogP contribution in [0.3, 0.4) is 0 Å². The normalized spacial score (nSPS) is 10.5. The Kier molecular flexibility index (Phi) is 2.99. The number of amides is 1. The highest BCUT2D eigenvalue weighted by Gasteiger charge is 2.15. The molecule has 2 aromatic heterocycles. The van der Waals surface area contributed by atoms with E-state index in [1.165, 1.54) is 6.20 Å². The van der Waals surface area contributed by atoms with E-state index in [4.69, 9.17) is 8.94 Å². The third-order valence-corrected chi connectivity index (χ3v) is 2.56. The van der Waals surface area contributed by atoms with Crippen molar-refractivity contribution in [2.45, 2.75) is 27.2 Å². The van der Waals surface area contributed by atoms with Crippen LogP contribution in [0.4, 0.5) is 5.69 Å². The SMILES string of the molecule is CCc1oc(C(=O)Nc2cnoc2C)cc1C. The summed E-state index contributed by atoms with van der Waals surface area (Å²) in [4.78, 5) is 11.9. The Bertz CT molecular complexity index is 540. The third kappa shape index (κ3) is 2.22. The molecule has 0 fully saturated rings. The molecule has 0 saturated heterocycles. The van der Waals surface area contributed by atoms with Crippen LogP contribution in [0.1, 0.15) is 34.6 Å². The molecule has 5 nitrogen and oxygen atoms in total. The Morgan fingerprint density at radius 1 is 1.47 bits per heavy atom. The Labute approximate surface area is 98.8 Å². The maximum absolute atomic E-state index is 11.9. The summed E-state index contributed by atoms with van der Waals surface area (Å²) in [7, 11) is 0. The van der Waals surface area contributed by atoms with Gasteiger partial charge in [0, 0.05) is 6.42 Å². The number of anilines is 1. The van der Waals surface area contributed by atoms with Crippen molar-refractivity contribution in [3.8, 4) is 0 Å². The molecule has 5 heteroatoms. The first-order valence-corrected chi connectivity index (χ1v) is 5.43. The first kappa shape index (κ1) is 11.4. The molecule has 0 saturated carbocycles. The van der Waals surface area contributed by atoms with Gasteiger partial charge in [0.05, 0.1) is 6.20 Å². The van der Waals surface area contributed by atoms with E-state index >= 15 is 0 Å². The third-order valence-electron chi connectivity index (χ3n) is 2.56. The van der Waals surface area contributed by atoms with Crippen LogP contribution >= 0.6 is 0 Å². The Balaban J connectivity index is 2.17. The maximum atomic E-state index is 11.9. The summed E-state index contributed by atoms with van der Waals surface area (Å²) in [5, 5.41) is 6.27. The van der Waals surface area contributed by atoms with Crippen molar-refractivity contribution in [3.05, 3.63) is 35.1 Å². The number of carbonyl (C=O) groups is 1. The van der Waals surface area contributed by atoms with Gasteiger partial charge in [0.2, 0.25) is 0 Å². The number of hydrogen-bond acceptors (Lipinski definition) is 4. The molecule has 0 radical (unpaired) electrons. The fourth-order valence-electron chi connectivity index (χ4n) is 1.59. The molecule has 90 valence electrons. The standard InChI is InChI=1S/C12H14N2O3/c1-4-10-7(2)5-11(16-10)12(15)14-9-6-13-17-8(9)3/h5-6H,4H2,1-3H3,(H,14,15). The molecule has 2 heterocycles. The van der Waals surface area contributed by atoms with Gasteiger partial charge in [-0.2, -0.15) is 0 Å². The van der Waals surface area contributed by atoms with Crippen LogP contribution in [0.15, 0.2) is 21.2 Å². The molecular formula is C12H14N2O3. The first-order chi connectivity index (χ1) is 8.11. The molecule has 0 aliphatic carbocycles. The van der Waals surface area contributed by atoms with Gasteiger partial charge in [-0.25, -0.2) is 0 Å². The van der Waals surface area contributed by atoms with Crippen LogP contribution < -0.4 is 5.32 Å². The number of hydrogen-bond donors (Lipinski definition) is 1. The maximum Gasteiger partial charge on any atom is 0.291 e. The van der Waals surface area contributed by atoms with Gasteiger partial charge in [-0.05, 0) is 25.5 Å². The fraction of sp³-hybridized carbons (Fsp3) is 0.333. The van der Waals surface area contributed by atoms with E-state index in [9.17, 15) is 4.79 Å². The number of furan rings is 1. The van der Waals surface area contributed by atoms with Gasteiger partial charge < -0.3 is 14.3 Å². The summed E-state index contributed by atoms with van der Waals surface area (Å²) >= 11 is 0. The molecule has 0 bridgehead atoms.